The van der Waals surface area contributed by atoms with Gasteiger partial charge in [0.2, 0.25) is 0 Å². The van der Waals surface area contributed by atoms with Crippen LogP contribution in [-0.2, 0) is 11.3 Å². The standard InChI is InChI=1S/C24H19F4N3O/c1-31(2)12-13-3-6-16(7-4-13)29-23(14-9-18(26)22(28)19(27)10-14)21-17-8-5-15(25)11-20(17)30-24(21)32/h3-11,29H,12H2,1-2H3,(H,30,32)/b23-21-. The van der Waals surface area contributed by atoms with E-state index in [-0.39, 0.29) is 22.5 Å². The zero-order chi connectivity index (χ0) is 23.0. The molecule has 3 aromatic rings. The molecule has 0 fully saturated rings. The fourth-order valence-electron chi connectivity index (χ4n) is 3.58. The van der Waals surface area contributed by atoms with Crippen LogP contribution in [0.3, 0.4) is 0 Å². The predicted molar refractivity (Wildman–Crippen MR) is 116 cm³/mol. The monoisotopic (exact) mass is 441 g/mol. The molecule has 0 saturated heterocycles. The number of rotatable bonds is 5. The number of benzene rings is 3. The number of amides is 1. The summed E-state index contributed by atoms with van der Waals surface area (Å²) >= 11 is 0. The van der Waals surface area contributed by atoms with Crippen LogP contribution in [0.15, 0.2) is 54.6 Å². The Kier molecular flexibility index (Phi) is 5.71. The van der Waals surface area contributed by atoms with E-state index >= 15 is 0 Å². The lowest BCUT2D eigenvalue weighted by molar-refractivity contribution is -0.110. The minimum Gasteiger partial charge on any atom is -0.354 e. The van der Waals surface area contributed by atoms with Crippen LogP contribution in [0, 0.1) is 23.3 Å². The molecule has 32 heavy (non-hydrogen) atoms. The predicted octanol–water partition coefficient (Wildman–Crippen LogP) is 5.24. The zero-order valence-corrected chi connectivity index (χ0v) is 17.3. The van der Waals surface area contributed by atoms with Crippen molar-refractivity contribution in [3.8, 4) is 0 Å². The number of carbonyl (C=O) groups is 1. The van der Waals surface area contributed by atoms with E-state index in [4.69, 9.17) is 0 Å². The Morgan fingerprint density at radius 1 is 0.938 bits per heavy atom. The maximum absolute atomic E-state index is 14.0. The lowest BCUT2D eigenvalue weighted by Gasteiger charge is -2.16. The van der Waals surface area contributed by atoms with Gasteiger partial charge in [0.1, 0.15) is 5.82 Å². The van der Waals surface area contributed by atoms with Crippen LogP contribution in [0.2, 0.25) is 0 Å². The summed E-state index contributed by atoms with van der Waals surface area (Å²) in [5.41, 5.74) is 2.22. The van der Waals surface area contributed by atoms with Gasteiger partial charge in [-0.05, 0) is 62.1 Å². The molecule has 0 saturated carbocycles. The molecule has 0 aromatic heterocycles. The second kappa shape index (κ2) is 8.47. The first-order chi connectivity index (χ1) is 15.2. The molecular weight excluding hydrogens is 422 g/mol. The summed E-state index contributed by atoms with van der Waals surface area (Å²) in [6.07, 6.45) is 0. The summed E-state index contributed by atoms with van der Waals surface area (Å²) in [5, 5.41) is 5.59. The SMILES string of the molecule is CN(C)Cc1ccc(N/C(=C2\C(=O)Nc3cc(F)ccc32)c2cc(F)c(F)c(F)c2)cc1. The minimum atomic E-state index is -1.61. The average molecular weight is 441 g/mol. The molecule has 0 spiro atoms. The van der Waals surface area contributed by atoms with E-state index in [9.17, 15) is 22.4 Å². The normalized spacial score (nSPS) is 14.4. The van der Waals surface area contributed by atoms with Crippen molar-refractivity contribution in [1.82, 2.24) is 4.90 Å². The second-order valence-electron chi connectivity index (χ2n) is 7.71. The molecular formula is C24H19F4N3O. The Morgan fingerprint density at radius 2 is 1.59 bits per heavy atom. The van der Waals surface area contributed by atoms with E-state index in [1.54, 1.807) is 12.1 Å². The molecule has 3 aromatic carbocycles. The molecule has 4 nitrogen and oxygen atoms in total. The van der Waals surface area contributed by atoms with Gasteiger partial charge in [0.15, 0.2) is 17.5 Å². The average Bonchev–Trinajstić information content (AvgIpc) is 3.05. The van der Waals surface area contributed by atoms with E-state index in [1.807, 2.05) is 31.1 Å². The van der Waals surface area contributed by atoms with E-state index < -0.39 is 29.2 Å². The fourth-order valence-corrected chi connectivity index (χ4v) is 3.58. The molecule has 0 aliphatic carbocycles. The Balaban J connectivity index is 1.85. The van der Waals surface area contributed by atoms with Gasteiger partial charge in [0.25, 0.3) is 5.91 Å². The molecule has 1 aliphatic rings. The third kappa shape index (κ3) is 4.22. The van der Waals surface area contributed by atoms with Crippen molar-refractivity contribution < 1.29 is 22.4 Å². The van der Waals surface area contributed by atoms with Crippen LogP contribution in [0.25, 0.3) is 11.3 Å². The molecule has 1 aliphatic heterocycles. The van der Waals surface area contributed by atoms with E-state index in [0.717, 1.165) is 23.8 Å². The smallest absolute Gasteiger partial charge is 0.258 e. The van der Waals surface area contributed by atoms with Gasteiger partial charge in [-0.2, -0.15) is 0 Å². The number of hydrogen-bond donors (Lipinski definition) is 2. The van der Waals surface area contributed by atoms with Crippen molar-refractivity contribution in [3.63, 3.8) is 0 Å². The van der Waals surface area contributed by atoms with Gasteiger partial charge in [-0.25, -0.2) is 17.6 Å². The molecule has 8 heteroatoms. The van der Waals surface area contributed by atoms with Crippen LogP contribution in [-0.4, -0.2) is 24.9 Å². The van der Waals surface area contributed by atoms with Crippen molar-refractivity contribution in [2.75, 3.05) is 24.7 Å². The first kappa shape index (κ1) is 21.6. The Hall–Kier alpha value is -3.65. The highest BCUT2D eigenvalue weighted by Crippen LogP contribution is 2.38. The Labute approximate surface area is 182 Å². The van der Waals surface area contributed by atoms with Gasteiger partial charge in [-0.1, -0.05) is 12.1 Å². The lowest BCUT2D eigenvalue weighted by atomic mass is 9.99. The summed E-state index contributed by atoms with van der Waals surface area (Å²) in [6.45, 7) is 0.712. The molecule has 1 heterocycles. The molecule has 0 bridgehead atoms. The fraction of sp³-hybridized carbons (Fsp3) is 0.125. The Bertz CT molecular complexity index is 1210. The van der Waals surface area contributed by atoms with E-state index in [0.29, 0.717) is 17.8 Å². The first-order valence-corrected chi connectivity index (χ1v) is 9.74. The van der Waals surface area contributed by atoms with Gasteiger partial charge < -0.3 is 15.5 Å². The van der Waals surface area contributed by atoms with Crippen LogP contribution in [0.4, 0.5) is 28.9 Å². The van der Waals surface area contributed by atoms with Crippen molar-refractivity contribution in [3.05, 3.63) is 94.6 Å². The minimum absolute atomic E-state index is 0.0581. The van der Waals surface area contributed by atoms with Crippen molar-refractivity contribution in [1.29, 1.82) is 0 Å². The van der Waals surface area contributed by atoms with Crippen molar-refractivity contribution in [2.24, 2.45) is 0 Å². The van der Waals surface area contributed by atoms with Crippen molar-refractivity contribution >= 4 is 28.6 Å². The largest absolute Gasteiger partial charge is 0.354 e. The zero-order valence-electron chi connectivity index (χ0n) is 17.3. The summed E-state index contributed by atoms with van der Waals surface area (Å²) in [6, 6.07) is 12.6. The van der Waals surface area contributed by atoms with E-state index in [1.165, 1.54) is 12.1 Å². The highest BCUT2D eigenvalue weighted by atomic mass is 19.2. The molecule has 164 valence electrons. The number of nitrogens with zero attached hydrogens (tertiary/aromatic N) is 1. The molecule has 2 N–H and O–H groups in total. The third-order valence-corrected chi connectivity index (χ3v) is 4.97. The van der Waals surface area contributed by atoms with Gasteiger partial charge in [-0.3, -0.25) is 4.79 Å². The maximum Gasteiger partial charge on any atom is 0.258 e. The van der Waals surface area contributed by atoms with Gasteiger partial charge in [0.05, 0.1) is 17.0 Å². The summed E-state index contributed by atoms with van der Waals surface area (Å²) in [4.78, 5) is 14.8. The number of hydrogen-bond acceptors (Lipinski definition) is 3. The van der Waals surface area contributed by atoms with Crippen LogP contribution >= 0.6 is 0 Å². The highest BCUT2D eigenvalue weighted by molar-refractivity contribution is 6.37. The summed E-state index contributed by atoms with van der Waals surface area (Å²) in [5.74, 6) is -5.51. The van der Waals surface area contributed by atoms with Crippen LogP contribution < -0.4 is 10.6 Å². The number of anilines is 2. The number of fused-ring (bicyclic) bond motifs is 1. The Morgan fingerprint density at radius 3 is 2.22 bits per heavy atom. The first-order valence-electron chi connectivity index (χ1n) is 9.74. The highest BCUT2D eigenvalue weighted by Gasteiger charge is 2.29. The molecule has 0 unspecified atom stereocenters. The third-order valence-electron chi connectivity index (χ3n) is 4.97. The summed E-state index contributed by atoms with van der Waals surface area (Å²) < 4.78 is 55.3. The van der Waals surface area contributed by atoms with Crippen LogP contribution in [0.1, 0.15) is 16.7 Å². The quantitative estimate of drug-likeness (QED) is 0.324. The number of nitrogens with one attached hydrogen (secondary N) is 2. The van der Waals surface area contributed by atoms with Gasteiger partial charge in [-0.15, -0.1) is 0 Å². The molecule has 0 atom stereocenters. The topological polar surface area (TPSA) is 44.4 Å². The number of halogens is 4. The van der Waals surface area contributed by atoms with E-state index in [2.05, 4.69) is 10.6 Å². The van der Waals surface area contributed by atoms with Gasteiger partial charge >= 0.3 is 0 Å². The van der Waals surface area contributed by atoms with Gasteiger partial charge in [0, 0.05) is 23.4 Å². The second-order valence-corrected chi connectivity index (χ2v) is 7.71. The molecule has 4 rings (SSSR count). The van der Waals surface area contributed by atoms with Crippen molar-refractivity contribution in [2.45, 2.75) is 6.54 Å². The summed E-state index contributed by atoms with van der Waals surface area (Å²) in [7, 11) is 3.87. The maximum atomic E-state index is 14.0. The molecule has 0 radical (unpaired) electrons. The molecule has 1 amide bonds. The van der Waals surface area contributed by atoms with Crippen LogP contribution in [0.5, 0.6) is 0 Å². The lowest BCUT2D eigenvalue weighted by Crippen LogP contribution is -2.12. The number of carbonyl (C=O) groups excluding carboxylic acids is 1.